The van der Waals surface area contributed by atoms with Crippen LogP contribution in [0.2, 0.25) is 0 Å². The topological polar surface area (TPSA) is 78.9 Å². The monoisotopic (exact) mass is 346 g/mol. The van der Waals surface area contributed by atoms with Crippen molar-refractivity contribution in [1.29, 1.82) is 0 Å². The molecule has 136 valence electrons. The third kappa shape index (κ3) is 3.95. The summed E-state index contributed by atoms with van der Waals surface area (Å²) >= 11 is 0. The highest BCUT2D eigenvalue weighted by molar-refractivity contribution is 5.80. The van der Waals surface area contributed by atoms with Crippen LogP contribution in [0.15, 0.2) is 30.3 Å². The van der Waals surface area contributed by atoms with Crippen LogP contribution in [-0.2, 0) is 9.59 Å². The van der Waals surface area contributed by atoms with Crippen molar-refractivity contribution in [3.63, 3.8) is 0 Å². The van der Waals surface area contributed by atoms with Crippen LogP contribution in [0.5, 0.6) is 5.75 Å². The molecule has 0 radical (unpaired) electrons. The first-order valence-electron chi connectivity index (χ1n) is 9.04. The van der Waals surface area contributed by atoms with E-state index in [0.717, 1.165) is 18.7 Å². The Bertz CT molecular complexity index is 607. The van der Waals surface area contributed by atoms with Gasteiger partial charge in [0.05, 0.1) is 6.61 Å². The molecule has 2 atom stereocenters. The minimum atomic E-state index is -0.827. The smallest absolute Gasteiger partial charge is 0.313 e. The molecule has 1 aromatic rings. The van der Waals surface area contributed by atoms with Crippen LogP contribution in [0, 0.1) is 5.41 Å². The summed E-state index contributed by atoms with van der Waals surface area (Å²) in [5.41, 5.74) is -0.827. The van der Waals surface area contributed by atoms with Gasteiger partial charge in [-0.1, -0.05) is 18.2 Å². The number of fused-ring (bicyclic) bond motifs is 1. The average Bonchev–Trinajstić information content (AvgIpc) is 2.65. The van der Waals surface area contributed by atoms with Crippen molar-refractivity contribution in [2.24, 2.45) is 5.41 Å². The number of ether oxygens (including phenoxy) is 1. The summed E-state index contributed by atoms with van der Waals surface area (Å²) < 4.78 is 5.61. The van der Waals surface area contributed by atoms with Gasteiger partial charge in [-0.2, -0.15) is 0 Å². The maximum absolute atomic E-state index is 12.5. The maximum atomic E-state index is 12.5. The van der Waals surface area contributed by atoms with Crippen molar-refractivity contribution in [1.82, 2.24) is 10.2 Å². The fraction of sp³-hybridized carbons (Fsp3) is 0.579. The molecule has 2 fully saturated rings. The Kier molecular flexibility index (Phi) is 5.58. The summed E-state index contributed by atoms with van der Waals surface area (Å²) in [5.74, 6) is 0.0461. The number of carboxylic acid groups (broad SMARTS) is 1. The standard InChI is InChI=1S/C19H26N2O4/c22-17(8-4-13-25-15-6-2-1-3-7-15)21-12-9-16-19(14-21,18(23)24)10-5-11-20-16/h1-3,6-7,16,20H,4-5,8-14H2,(H,23,24)/t16-,19+/m1/s1. The summed E-state index contributed by atoms with van der Waals surface area (Å²) in [6, 6.07) is 9.50. The number of para-hydroxylation sites is 1. The van der Waals surface area contributed by atoms with Crippen molar-refractivity contribution in [3.05, 3.63) is 30.3 Å². The number of carboxylic acids is 1. The summed E-state index contributed by atoms with van der Waals surface area (Å²) in [5, 5.41) is 13.1. The van der Waals surface area contributed by atoms with Gasteiger partial charge in [0.25, 0.3) is 0 Å². The van der Waals surface area contributed by atoms with Gasteiger partial charge in [-0.25, -0.2) is 0 Å². The first kappa shape index (κ1) is 17.7. The predicted molar refractivity (Wildman–Crippen MR) is 93.5 cm³/mol. The molecule has 0 unspecified atom stereocenters. The number of piperidine rings is 2. The van der Waals surface area contributed by atoms with Crippen LogP contribution in [-0.4, -0.2) is 54.2 Å². The molecule has 2 aliphatic heterocycles. The molecular formula is C19H26N2O4. The van der Waals surface area contributed by atoms with E-state index in [-0.39, 0.29) is 11.9 Å². The second-order valence-corrected chi connectivity index (χ2v) is 6.94. The number of likely N-dealkylation sites (tertiary alicyclic amines) is 1. The van der Waals surface area contributed by atoms with Gasteiger partial charge in [0.2, 0.25) is 5.91 Å². The fourth-order valence-corrected chi connectivity index (χ4v) is 3.95. The number of hydrogen-bond donors (Lipinski definition) is 2. The molecule has 2 aliphatic rings. The summed E-state index contributed by atoms with van der Waals surface area (Å²) in [4.78, 5) is 26.1. The summed E-state index contributed by atoms with van der Waals surface area (Å²) in [6.45, 7) is 2.30. The number of amides is 1. The molecule has 2 N–H and O–H groups in total. The van der Waals surface area contributed by atoms with Crippen LogP contribution >= 0.6 is 0 Å². The minimum Gasteiger partial charge on any atom is -0.494 e. The number of hydrogen-bond acceptors (Lipinski definition) is 4. The number of carbonyl (C=O) groups excluding carboxylic acids is 1. The van der Waals surface area contributed by atoms with Gasteiger partial charge in [-0.15, -0.1) is 0 Å². The van der Waals surface area contributed by atoms with Crippen LogP contribution in [0.4, 0.5) is 0 Å². The molecule has 0 spiro atoms. The van der Waals surface area contributed by atoms with Crippen LogP contribution in [0.3, 0.4) is 0 Å². The second kappa shape index (κ2) is 7.87. The molecule has 1 aromatic carbocycles. The maximum Gasteiger partial charge on any atom is 0.313 e. The Morgan fingerprint density at radius 2 is 2.12 bits per heavy atom. The number of benzene rings is 1. The van der Waals surface area contributed by atoms with Gasteiger partial charge in [0.15, 0.2) is 0 Å². The van der Waals surface area contributed by atoms with Crippen molar-refractivity contribution in [3.8, 4) is 5.75 Å². The average molecular weight is 346 g/mol. The van der Waals surface area contributed by atoms with Gasteiger partial charge < -0.3 is 20.1 Å². The third-order valence-electron chi connectivity index (χ3n) is 5.34. The van der Waals surface area contributed by atoms with E-state index in [9.17, 15) is 14.7 Å². The molecule has 6 nitrogen and oxygen atoms in total. The zero-order valence-electron chi connectivity index (χ0n) is 14.4. The van der Waals surface area contributed by atoms with E-state index < -0.39 is 11.4 Å². The number of carbonyl (C=O) groups is 2. The van der Waals surface area contributed by atoms with E-state index in [1.807, 2.05) is 30.3 Å². The van der Waals surface area contributed by atoms with Crippen molar-refractivity contribution >= 4 is 11.9 Å². The highest BCUT2D eigenvalue weighted by Crippen LogP contribution is 2.38. The fourth-order valence-electron chi connectivity index (χ4n) is 3.95. The second-order valence-electron chi connectivity index (χ2n) is 6.94. The Balaban J connectivity index is 1.50. The number of nitrogens with zero attached hydrogens (tertiary/aromatic N) is 1. The molecule has 0 aliphatic carbocycles. The van der Waals surface area contributed by atoms with Gasteiger partial charge >= 0.3 is 5.97 Å². The summed E-state index contributed by atoms with van der Waals surface area (Å²) in [6.07, 6.45) is 3.21. The highest BCUT2D eigenvalue weighted by atomic mass is 16.5. The van der Waals surface area contributed by atoms with Crippen molar-refractivity contribution < 1.29 is 19.4 Å². The van der Waals surface area contributed by atoms with Gasteiger partial charge in [0.1, 0.15) is 11.2 Å². The van der Waals surface area contributed by atoms with Gasteiger partial charge in [-0.3, -0.25) is 9.59 Å². The molecule has 1 amide bonds. The Hall–Kier alpha value is -2.08. The molecule has 2 saturated heterocycles. The van der Waals surface area contributed by atoms with E-state index >= 15 is 0 Å². The normalized spacial score (nSPS) is 25.9. The molecule has 0 bridgehead atoms. The largest absolute Gasteiger partial charge is 0.494 e. The SMILES string of the molecule is O=C(CCCOc1ccccc1)N1CC[C@H]2NCCC[C@]2(C(=O)O)C1. The van der Waals surface area contributed by atoms with Crippen molar-refractivity contribution in [2.45, 2.75) is 38.1 Å². The Labute approximate surface area is 148 Å². The highest BCUT2D eigenvalue weighted by Gasteiger charge is 2.51. The van der Waals surface area contributed by atoms with E-state index in [1.54, 1.807) is 4.90 Å². The number of rotatable bonds is 6. The van der Waals surface area contributed by atoms with Gasteiger partial charge in [0, 0.05) is 25.6 Å². The van der Waals surface area contributed by atoms with Crippen LogP contribution < -0.4 is 10.1 Å². The van der Waals surface area contributed by atoms with Crippen LogP contribution in [0.1, 0.15) is 32.1 Å². The lowest BCUT2D eigenvalue weighted by molar-refractivity contribution is -0.159. The molecule has 25 heavy (non-hydrogen) atoms. The van der Waals surface area contributed by atoms with Crippen molar-refractivity contribution in [2.75, 3.05) is 26.2 Å². The summed E-state index contributed by atoms with van der Waals surface area (Å²) in [7, 11) is 0. The van der Waals surface area contributed by atoms with E-state index in [1.165, 1.54) is 0 Å². The minimum absolute atomic E-state index is 0.0239. The Morgan fingerprint density at radius 1 is 1.32 bits per heavy atom. The number of aliphatic carboxylic acids is 1. The lowest BCUT2D eigenvalue weighted by Crippen LogP contribution is -2.63. The van der Waals surface area contributed by atoms with Crippen LogP contribution in [0.25, 0.3) is 0 Å². The zero-order chi connectivity index (χ0) is 17.7. The lowest BCUT2D eigenvalue weighted by Gasteiger charge is -2.48. The molecule has 3 rings (SSSR count). The quantitative estimate of drug-likeness (QED) is 0.769. The first-order chi connectivity index (χ1) is 12.1. The zero-order valence-corrected chi connectivity index (χ0v) is 14.4. The molecule has 6 heteroatoms. The first-order valence-corrected chi connectivity index (χ1v) is 9.04. The van der Waals surface area contributed by atoms with Gasteiger partial charge in [-0.05, 0) is 44.4 Å². The van der Waals surface area contributed by atoms with E-state index in [0.29, 0.717) is 45.4 Å². The molecule has 0 aromatic heterocycles. The Morgan fingerprint density at radius 3 is 2.88 bits per heavy atom. The molecule has 2 heterocycles. The number of nitrogens with one attached hydrogen (secondary N) is 1. The van der Waals surface area contributed by atoms with E-state index in [2.05, 4.69) is 5.32 Å². The lowest BCUT2D eigenvalue weighted by atomic mass is 9.70. The molecular weight excluding hydrogens is 320 g/mol. The van der Waals surface area contributed by atoms with E-state index in [4.69, 9.17) is 4.74 Å². The molecule has 0 saturated carbocycles. The predicted octanol–water partition coefficient (Wildman–Crippen LogP) is 1.90. The third-order valence-corrected chi connectivity index (χ3v) is 5.34.